The Labute approximate surface area is 390 Å². The minimum atomic E-state index is -0.785. The van der Waals surface area contributed by atoms with Crippen LogP contribution >= 0.6 is 0 Å². The van der Waals surface area contributed by atoms with Crippen LogP contribution < -0.4 is 0 Å². The van der Waals surface area contributed by atoms with Crippen LogP contribution in [0, 0.1) is 0 Å². The Hall–Kier alpha value is -2.63. The van der Waals surface area contributed by atoms with Crippen molar-refractivity contribution in [1.82, 2.24) is 0 Å². The number of ether oxygens (including phenoxy) is 3. The Morgan fingerprint density at radius 3 is 0.921 bits per heavy atom. The van der Waals surface area contributed by atoms with Crippen molar-refractivity contribution in [3.05, 3.63) is 48.6 Å². The van der Waals surface area contributed by atoms with Crippen molar-refractivity contribution in [2.75, 3.05) is 13.2 Å². The normalized spacial score (nSPS) is 12.4. The predicted molar refractivity (Wildman–Crippen MR) is 270 cm³/mol. The first-order valence-electron chi connectivity index (χ1n) is 27.1. The molecule has 0 saturated heterocycles. The molecule has 0 spiro atoms. The van der Waals surface area contributed by atoms with Crippen LogP contribution in [0.1, 0.15) is 278 Å². The highest BCUT2D eigenvalue weighted by atomic mass is 16.6. The molecule has 63 heavy (non-hydrogen) atoms. The van der Waals surface area contributed by atoms with Crippen molar-refractivity contribution in [2.45, 2.75) is 284 Å². The molecule has 0 amide bonds. The zero-order chi connectivity index (χ0) is 45.8. The van der Waals surface area contributed by atoms with Crippen molar-refractivity contribution < 1.29 is 28.6 Å². The van der Waals surface area contributed by atoms with Gasteiger partial charge in [-0.15, -0.1) is 0 Å². The fourth-order valence-electron chi connectivity index (χ4n) is 7.64. The van der Waals surface area contributed by atoms with Crippen LogP contribution in [0.15, 0.2) is 48.6 Å². The molecular formula is C57H102O6. The molecular weight excluding hydrogens is 781 g/mol. The molecule has 0 unspecified atom stereocenters. The minimum absolute atomic E-state index is 0.0843. The molecule has 0 radical (unpaired) electrons. The second kappa shape index (κ2) is 52.0. The van der Waals surface area contributed by atoms with Gasteiger partial charge in [-0.3, -0.25) is 14.4 Å². The zero-order valence-electron chi connectivity index (χ0n) is 41.8. The van der Waals surface area contributed by atoms with E-state index in [0.717, 1.165) is 96.3 Å². The minimum Gasteiger partial charge on any atom is -0.462 e. The van der Waals surface area contributed by atoms with Crippen molar-refractivity contribution in [1.29, 1.82) is 0 Å². The standard InChI is InChI=1S/C57H102O6/c1-4-7-10-13-16-19-22-25-28-31-34-37-40-43-46-49-55(58)61-52-54(63-57(60)51-48-45-42-39-36-33-30-27-24-21-18-15-12-9-6-3)53-62-56(59)50-47-44-41-38-35-32-29-26-23-20-17-14-11-8-5-2/h16,19,25-30,54H,4-15,17-18,20-24,31-53H2,1-3H3/t54-/m0/s1. The maximum absolute atomic E-state index is 12.8. The highest BCUT2D eigenvalue weighted by Crippen LogP contribution is 2.14. The third-order valence-electron chi connectivity index (χ3n) is 11.8. The van der Waals surface area contributed by atoms with E-state index in [4.69, 9.17) is 14.2 Å². The van der Waals surface area contributed by atoms with Gasteiger partial charge in [-0.05, 0) is 103 Å². The Morgan fingerprint density at radius 1 is 0.317 bits per heavy atom. The summed E-state index contributed by atoms with van der Waals surface area (Å²) in [6, 6.07) is 0. The van der Waals surface area contributed by atoms with E-state index in [9.17, 15) is 14.4 Å². The molecule has 0 fully saturated rings. The molecule has 6 heteroatoms. The number of unbranched alkanes of at least 4 members (excludes halogenated alkanes) is 30. The largest absolute Gasteiger partial charge is 0.462 e. The van der Waals surface area contributed by atoms with Gasteiger partial charge in [0.2, 0.25) is 0 Å². The van der Waals surface area contributed by atoms with E-state index in [1.807, 2.05) is 0 Å². The summed E-state index contributed by atoms with van der Waals surface area (Å²) in [5.74, 6) is -0.906. The van der Waals surface area contributed by atoms with Gasteiger partial charge in [0.05, 0.1) is 0 Å². The van der Waals surface area contributed by atoms with Gasteiger partial charge >= 0.3 is 17.9 Å². The third kappa shape index (κ3) is 50.2. The topological polar surface area (TPSA) is 78.9 Å². The van der Waals surface area contributed by atoms with Crippen LogP contribution in [0.5, 0.6) is 0 Å². The summed E-state index contributed by atoms with van der Waals surface area (Å²) in [5.41, 5.74) is 0. The molecule has 0 aromatic rings. The van der Waals surface area contributed by atoms with E-state index >= 15 is 0 Å². The Kier molecular flexibility index (Phi) is 49.8. The number of rotatable bonds is 49. The van der Waals surface area contributed by atoms with E-state index in [0.29, 0.717) is 19.3 Å². The van der Waals surface area contributed by atoms with Crippen molar-refractivity contribution in [3.8, 4) is 0 Å². The van der Waals surface area contributed by atoms with Gasteiger partial charge in [0.25, 0.3) is 0 Å². The van der Waals surface area contributed by atoms with E-state index in [2.05, 4.69) is 69.4 Å². The molecule has 0 bridgehead atoms. The summed E-state index contributed by atoms with van der Waals surface area (Å²) in [7, 11) is 0. The van der Waals surface area contributed by atoms with Crippen LogP contribution in [-0.2, 0) is 28.6 Å². The summed E-state index contributed by atoms with van der Waals surface area (Å²) in [6.07, 6.45) is 62.3. The van der Waals surface area contributed by atoms with Gasteiger partial charge < -0.3 is 14.2 Å². The van der Waals surface area contributed by atoms with Crippen LogP contribution in [0.3, 0.4) is 0 Å². The van der Waals surface area contributed by atoms with Crippen molar-refractivity contribution in [2.24, 2.45) is 0 Å². The first kappa shape index (κ1) is 60.4. The van der Waals surface area contributed by atoms with E-state index in [-0.39, 0.29) is 31.1 Å². The Morgan fingerprint density at radius 2 is 0.571 bits per heavy atom. The van der Waals surface area contributed by atoms with Gasteiger partial charge in [0.1, 0.15) is 13.2 Å². The van der Waals surface area contributed by atoms with Gasteiger partial charge in [-0.2, -0.15) is 0 Å². The maximum Gasteiger partial charge on any atom is 0.306 e. The number of carbonyl (C=O) groups excluding carboxylic acids is 3. The first-order chi connectivity index (χ1) is 31.0. The molecule has 1 atom stereocenters. The molecule has 0 aliphatic carbocycles. The predicted octanol–water partition coefficient (Wildman–Crippen LogP) is 17.9. The second-order valence-corrected chi connectivity index (χ2v) is 18.1. The summed E-state index contributed by atoms with van der Waals surface area (Å²) >= 11 is 0. The van der Waals surface area contributed by atoms with Gasteiger partial charge in [0, 0.05) is 19.3 Å². The van der Waals surface area contributed by atoms with E-state index in [1.54, 1.807) is 0 Å². The maximum atomic E-state index is 12.8. The fourth-order valence-corrected chi connectivity index (χ4v) is 7.64. The lowest BCUT2D eigenvalue weighted by Crippen LogP contribution is -2.30. The Balaban J connectivity index is 4.41. The molecule has 0 rings (SSSR count). The van der Waals surface area contributed by atoms with Gasteiger partial charge in [-0.1, -0.05) is 204 Å². The molecule has 0 saturated carbocycles. The number of esters is 3. The average molecular weight is 883 g/mol. The summed E-state index contributed by atoms with van der Waals surface area (Å²) in [5, 5.41) is 0. The van der Waals surface area contributed by atoms with E-state index in [1.165, 1.54) is 141 Å². The van der Waals surface area contributed by atoms with Crippen molar-refractivity contribution >= 4 is 17.9 Å². The zero-order valence-corrected chi connectivity index (χ0v) is 41.8. The molecule has 366 valence electrons. The number of allylic oxidation sites excluding steroid dienone is 8. The fraction of sp³-hybridized carbons (Fsp3) is 0.807. The molecule has 0 N–H and O–H groups in total. The highest BCUT2D eigenvalue weighted by molar-refractivity contribution is 5.71. The lowest BCUT2D eigenvalue weighted by atomic mass is 10.1. The summed E-state index contributed by atoms with van der Waals surface area (Å²) in [6.45, 7) is 6.59. The van der Waals surface area contributed by atoms with Crippen molar-refractivity contribution in [3.63, 3.8) is 0 Å². The number of hydrogen-bond donors (Lipinski definition) is 0. The van der Waals surface area contributed by atoms with Crippen LogP contribution in [0.4, 0.5) is 0 Å². The van der Waals surface area contributed by atoms with Crippen LogP contribution in [0.25, 0.3) is 0 Å². The molecule has 0 aromatic carbocycles. The number of carbonyl (C=O) groups is 3. The van der Waals surface area contributed by atoms with Crippen LogP contribution in [0.2, 0.25) is 0 Å². The molecule has 0 aliphatic rings. The quantitative estimate of drug-likeness (QED) is 0.0262. The van der Waals surface area contributed by atoms with Gasteiger partial charge in [0.15, 0.2) is 6.10 Å². The van der Waals surface area contributed by atoms with Gasteiger partial charge in [-0.25, -0.2) is 0 Å². The lowest BCUT2D eigenvalue weighted by Gasteiger charge is -2.18. The monoisotopic (exact) mass is 883 g/mol. The van der Waals surface area contributed by atoms with E-state index < -0.39 is 6.10 Å². The first-order valence-corrected chi connectivity index (χ1v) is 27.1. The van der Waals surface area contributed by atoms with Crippen LogP contribution in [-0.4, -0.2) is 37.2 Å². The summed E-state index contributed by atoms with van der Waals surface area (Å²) in [4.78, 5) is 38.0. The highest BCUT2D eigenvalue weighted by Gasteiger charge is 2.19. The third-order valence-corrected chi connectivity index (χ3v) is 11.8. The molecule has 0 aromatic heterocycles. The SMILES string of the molecule is CCCCCC=CCC=CCCCCCCCC(=O)OC[C@@H](COC(=O)CCCCCCCC=CCCCCCCCC)OC(=O)CCCCCCCC=CCCCCCCCC. The lowest BCUT2D eigenvalue weighted by molar-refractivity contribution is -0.167. The second-order valence-electron chi connectivity index (χ2n) is 18.1. The molecule has 6 nitrogen and oxygen atoms in total. The molecule has 0 aliphatic heterocycles. The molecule has 0 heterocycles. The average Bonchev–Trinajstić information content (AvgIpc) is 3.28. The smallest absolute Gasteiger partial charge is 0.306 e. The Bertz CT molecular complexity index is 1110. The summed E-state index contributed by atoms with van der Waals surface area (Å²) < 4.78 is 16.8. The number of hydrogen-bond acceptors (Lipinski definition) is 6.